The normalized spacial score (nSPS) is 12.6. The quantitative estimate of drug-likeness (QED) is 0.558. The molecule has 0 spiro atoms. The number of halogens is 1. The lowest BCUT2D eigenvalue weighted by atomic mass is 10.1. The summed E-state index contributed by atoms with van der Waals surface area (Å²) in [7, 11) is -2.34. The molecule has 2 amide bonds. The van der Waals surface area contributed by atoms with Crippen LogP contribution in [0.25, 0.3) is 0 Å². The summed E-state index contributed by atoms with van der Waals surface area (Å²) in [6, 6.07) is 12.5. The van der Waals surface area contributed by atoms with E-state index in [1.807, 2.05) is 20.8 Å². The zero-order valence-electron chi connectivity index (χ0n) is 20.3. The van der Waals surface area contributed by atoms with E-state index in [4.69, 9.17) is 16.3 Å². The van der Waals surface area contributed by atoms with Crippen LogP contribution >= 0.6 is 11.6 Å². The lowest BCUT2D eigenvalue weighted by Crippen LogP contribution is -2.54. The Morgan fingerprint density at radius 2 is 1.74 bits per heavy atom. The number of nitrogens with one attached hydrogen (secondary N) is 1. The molecule has 0 saturated heterocycles. The number of carbonyl (C=O) groups is 2. The molecule has 8 nitrogen and oxygen atoms in total. The molecular formula is C24H32ClN3O5S. The Morgan fingerprint density at radius 3 is 2.26 bits per heavy atom. The van der Waals surface area contributed by atoms with Gasteiger partial charge in [0.2, 0.25) is 21.8 Å². The molecule has 2 rings (SSSR count). The molecule has 1 unspecified atom stereocenters. The third-order valence-electron chi connectivity index (χ3n) is 4.95. The molecule has 2 aromatic rings. The molecule has 0 bridgehead atoms. The first-order chi connectivity index (χ1) is 15.7. The van der Waals surface area contributed by atoms with Gasteiger partial charge in [-0.1, -0.05) is 29.8 Å². The zero-order chi connectivity index (χ0) is 25.7. The Hall–Kier alpha value is -2.78. The summed E-state index contributed by atoms with van der Waals surface area (Å²) in [4.78, 5) is 27.8. The summed E-state index contributed by atoms with van der Waals surface area (Å²) in [5, 5.41) is 3.42. The van der Waals surface area contributed by atoms with E-state index >= 15 is 0 Å². The van der Waals surface area contributed by atoms with Crippen LogP contribution in [0.15, 0.2) is 48.5 Å². The number of rotatable bonds is 9. The van der Waals surface area contributed by atoms with Crippen LogP contribution < -0.4 is 14.4 Å². The van der Waals surface area contributed by atoms with Crippen LogP contribution in [0.3, 0.4) is 0 Å². The Balaban J connectivity index is 2.41. The van der Waals surface area contributed by atoms with E-state index in [9.17, 15) is 18.0 Å². The number of ether oxygens (including phenoxy) is 1. The predicted octanol–water partition coefficient (Wildman–Crippen LogP) is 3.45. The Morgan fingerprint density at radius 1 is 1.12 bits per heavy atom. The van der Waals surface area contributed by atoms with Gasteiger partial charge in [0.05, 0.1) is 19.1 Å². The molecule has 0 aliphatic rings. The molecule has 1 N–H and O–H groups in total. The van der Waals surface area contributed by atoms with Crippen LogP contribution in [-0.2, 0) is 26.2 Å². The number of amides is 2. The lowest BCUT2D eigenvalue weighted by Gasteiger charge is -2.33. The Labute approximate surface area is 206 Å². The highest BCUT2D eigenvalue weighted by Gasteiger charge is 2.31. The molecule has 2 aromatic carbocycles. The van der Waals surface area contributed by atoms with Crippen molar-refractivity contribution in [3.05, 3.63) is 59.1 Å². The molecule has 0 aliphatic carbocycles. The predicted molar refractivity (Wildman–Crippen MR) is 135 cm³/mol. The molecule has 34 heavy (non-hydrogen) atoms. The molecule has 0 aliphatic heterocycles. The van der Waals surface area contributed by atoms with E-state index < -0.39 is 34.1 Å². The van der Waals surface area contributed by atoms with Crippen molar-refractivity contribution in [3.63, 3.8) is 0 Å². The standard InChI is InChI=1S/C24H32ClN3O5S/c1-17(23(30)26-24(2,3)4)27(15-18-10-12-19(25)13-11-18)22(29)16-28(34(6,31)32)20-8-7-9-21(14-20)33-5/h7-14,17H,15-16H2,1-6H3,(H,26,30). The van der Waals surface area contributed by atoms with Crippen molar-refractivity contribution >= 4 is 39.1 Å². The van der Waals surface area contributed by atoms with E-state index in [1.165, 1.54) is 18.1 Å². The number of nitrogens with zero attached hydrogens (tertiary/aromatic N) is 2. The van der Waals surface area contributed by atoms with E-state index in [0.717, 1.165) is 16.1 Å². The summed E-state index contributed by atoms with van der Waals surface area (Å²) in [6.45, 7) is 6.77. The van der Waals surface area contributed by atoms with Gasteiger partial charge in [-0.25, -0.2) is 8.42 Å². The van der Waals surface area contributed by atoms with Crippen molar-refractivity contribution in [2.24, 2.45) is 0 Å². The topological polar surface area (TPSA) is 96.0 Å². The highest BCUT2D eigenvalue weighted by Crippen LogP contribution is 2.24. The maximum Gasteiger partial charge on any atom is 0.244 e. The minimum atomic E-state index is -3.81. The summed E-state index contributed by atoms with van der Waals surface area (Å²) < 4.78 is 31.4. The van der Waals surface area contributed by atoms with Gasteiger partial charge in [-0.3, -0.25) is 13.9 Å². The SMILES string of the molecule is COc1cccc(N(CC(=O)N(Cc2ccc(Cl)cc2)C(C)C(=O)NC(C)(C)C)S(C)(=O)=O)c1. The van der Waals surface area contributed by atoms with Crippen molar-refractivity contribution in [2.75, 3.05) is 24.2 Å². The van der Waals surface area contributed by atoms with Gasteiger partial charge in [0, 0.05) is 23.2 Å². The second-order valence-corrected chi connectivity index (χ2v) is 11.4. The smallest absolute Gasteiger partial charge is 0.244 e. The first kappa shape index (κ1) is 27.5. The zero-order valence-corrected chi connectivity index (χ0v) is 21.9. The molecule has 1 atom stereocenters. The van der Waals surface area contributed by atoms with Crippen molar-refractivity contribution in [2.45, 2.75) is 45.8 Å². The van der Waals surface area contributed by atoms with Gasteiger partial charge in [-0.2, -0.15) is 0 Å². The molecule has 186 valence electrons. The minimum absolute atomic E-state index is 0.102. The average molecular weight is 510 g/mol. The van der Waals surface area contributed by atoms with E-state index in [2.05, 4.69) is 5.32 Å². The van der Waals surface area contributed by atoms with Gasteiger partial charge >= 0.3 is 0 Å². The molecule has 0 fully saturated rings. The maximum absolute atomic E-state index is 13.5. The number of carbonyl (C=O) groups excluding carboxylic acids is 2. The van der Waals surface area contributed by atoms with Crippen LogP contribution in [0, 0.1) is 0 Å². The Bertz CT molecular complexity index is 1110. The fraction of sp³-hybridized carbons (Fsp3) is 0.417. The van der Waals surface area contributed by atoms with Gasteiger partial charge in [-0.05, 0) is 57.5 Å². The maximum atomic E-state index is 13.5. The first-order valence-corrected chi connectivity index (χ1v) is 12.9. The van der Waals surface area contributed by atoms with E-state index in [-0.39, 0.29) is 18.1 Å². The second kappa shape index (κ2) is 11.1. The third kappa shape index (κ3) is 7.92. The van der Waals surface area contributed by atoms with Crippen LogP contribution in [0.1, 0.15) is 33.3 Å². The van der Waals surface area contributed by atoms with E-state index in [0.29, 0.717) is 10.8 Å². The van der Waals surface area contributed by atoms with Gasteiger partial charge < -0.3 is 15.0 Å². The van der Waals surface area contributed by atoms with E-state index in [1.54, 1.807) is 49.4 Å². The average Bonchev–Trinajstić information content (AvgIpc) is 2.74. The summed E-state index contributed by atoms with van der Waals surface area (Å²) in [6.07, 6.45) is 1.03. The van der Waals surface area contributed by atoms with Crippen molar-refractivity contribution in [3.8, 4) is 5.75 Å². The first-order valence-electron chi connectivity index (χ1n) is 10.7. The van der Waals surface area contributed by atoms with Crippen LogP contribution in [0.2, 0.25) is 5.02 Å². The molecule has 0 saturated carbocycles. The van der Waals surface area contributed by atoms with Crippen LogP contribution in [-0.4, -0.2) is 56.6 Å². The molecule has 0 radical (unpaired) electrons. The summed E-state index contributed by atoms with van der Waals surface area (Å²) in [5.74, 6) is -0.420. The van der Waals surface area contributed by atoms with Crippen molar-refractivity contribution in [1.29, 1.82) is 0 Å². The third-order valence-corrected chi connectivity index (χ3v) is 6.34. The number of hydrogen-bond acceptors (Lipinski definition) is 5. The summed E-state index contributed by atoms with van der Waals surface area (Å²) in [5.41, 5.74) is 0.536. The number of benzene rings is 2. The van der Waals surface area contributed by atoms with Gasteiger partial charge in [-0.15, -0.1) is 0 Å². The number of hydrogen-bond donors (Lipinski definition) is 1. The highest BCUT2D eigenvalue weighted by molar-refractivity contribution is 7.92. The Kier molecular flexibility index (Phi) is 8.96. The number of sulfonamides is 1. The van der Waals surface area contributed by atoms with Crippen LogP contribution in [0.5, 0.6) is 5.75 Å². The summed E-state index contributed by atoms with van der Waals surface area (Å²) >= 11 is 5.98. The molecular weight excluding hydrogens is 478 g/mol. The number of methoxy groups -OCH3 is 1. The number of anilines is 1. The second-order valence-electron chi connectivity index (χ2n) is 9.03. The molecule has 0 heterocycles. The fourth-order valence-corrected chi connectivity index (χ4v) is 4.19. The molecule has 10 heteroatoms. The van der Waals surface area contributed by atoms with Crippen LogP contribution in [0.4, 0.5) is 5.69 Å². The fourth-order valence-electron chi connectivity index (χ4n) is 3.22. The highest BCUT2D eigenvalue weighted by atomic mass is 35.5. The van der Waals surface area contributed by atoms with Crippen molar-refractivity contribution < 1.29 is 22.7 Å². The van der Waals surface area contributed by atoms with Crippen molar-refractivity contribution in [1.82, 2.24) is 10.2 Å². The molecule has 0 aromatic heterocycles. The monoisotopic (exact) mass is 509 g/mol. The van der Waals surface area contributed by atoms with Gasteiger partial charge in [0.1, 0.15) is 18.3 Å². The van der Waals surface area contributed by atoms with Gasteiger partial charge in [0.15, 0.2) is 0 Å². The lowest BCUT2D eigenvalue weighted by molar-refractivity contribution is -0.140. The largest absolute Gasteiger partial charge is 0.497 e. The minimum Gasteiger partial charge on any atom is -0.497 e. The van der Waals surface area contributed by atoms with Gasteiger partial charge in [0.25, 0.3) is 0 Å².